The first-order valence-corrected chi connectivity index (χ1v) is 10.7. The number of nitrogens with one attached hydrogen (secondary N) is 1. The minimum atomic E-state index is -0.486. The molecule has 0 aliphatic carbocycles. The number of rotatable bonds is 8. The Morgan fingerprint density at radius 2 is 1.85 bits per heavy atom. The van der Waals surface area contributed by atoms with Gasteiger partial charge in [0.25, 0.3) is 0 Å². The summed E-state index contributed by atoms with van der Waals surface area (Å²) in [4.78, 5) is 12.5. The second-order valence-electron chi connectivity index (χ2n) is 6.75. The largest absolute Gasteiger partial charge is 0.504 e. The maximum Gasteiger partial charge on any atom is 0.234 e. The van der Waals surface area contributed by atoms with Crippen LogP contribution in [0.3, 0.4) is 0 Å². The SMILES string of the molecule is COc1cc(-c2nnc(SCC(=O)Nc3cc(F)ccc3OC)n2-n2cccc2)ccc1O. The van der Waals surface area contributed by atoms with Gasteiger partial charge in [0.15, 0.2) is 17.3 Å². The summed E-state index contributed by atoms with van der Waals surface area (Å²) in [6.07, 6.45) is 3.62. The van der Waals surface area contributed by atoms with E-state index in [1.165, 1.54) is 38.5 Å². The Balaban J connectivity index is 1.59. The van der Waals surface area contributed by atoms with Crippen LogP contribution < -0.4 is 14.8 Å². The number of benzene rings is 2. The number of ether oxygens (including phenoxy) is 2. The van der Waals surface area contributed by atoms with Gasteiger partial charge in [0.2, 0.25) is 11.1 Å². The monoisotopic (exact) mass is 469 g/mol. The van der Waals surface area contributed by atoms with Gasteiger partial charge in [0.05, 0.1) is 25.7 Å². The second-order valence-corrected chi connectivity index (χ2v) is 7.69. The molecule has 0 bridgehead atoms. The molecule has 11 heteroatoms. The molecule has 4 rings (SSSR count). The van der Waals surface area contributed by atoms with Crippen molar-refractivity contribution in [2.24, 2.45) is 0 Å². The summed E-state index contributed by atoms with van der Waals surface area (Å²) in [5.41, 5.74) is 0.901. The number of phenolic OH excluding ortho intramolecular Hbond substituents is 1. The average Bonchev–Trinajstić information content (AvgIpc) is 3.48. The van der Waals surface area contributed by atoms with Crippen molar-refractivity contribution in [1.82, 2.24) is 19.5 Å². The molecule has 2 N–H and O–H groups in total. The van der Waals surface area contributed by atoms with Gasteiger partial charge in [-0.15, -0.1) is 10.2 Å². The summed E-state index contributed by atoms with van der Waals surface area (Å²) in [5.74, 6) is 0.296. The number of thioether (sulfide) groups is 1. The van der Waals surface area contributed by atoms with Crippen LogP contribution in [-0.2, 0) is 4.79 Å². The van der Waals surface area contributed by atoms with Crippen molar-refractivity contribution < 1.29 is 23.8 Å². The maximum atomic E-state index is 13.6. The lowest BCUT2D eigenvalue weighted by atomic mass is 10.2. The molecule has 0 radical (unpaired) electrons. The summed E-state index contributed by atoms with van der Waals surface area (Å²) in [5, 5.41) is 21.5. The van der Waals surface area contributed by atoms with Crippen LogP contribution in [0.1, 0.15) is 0 Å². The zero-order chi connectivity index (χ0) is 23.4. The van der Waals surface area contributed by atoms with Gasteiger partial charge in [-0.3, -0.25) is 9.47 Å². The van der Waals surface area contributed by atoms with Crippen LogP contribution in [0.15, 0.2) is 66.1 Å². The molecule has 0 fully saturated rings. The first-order chi connectivity index (χ1) is 16.0. The van der Waals surface area contributed by atoms with Gasteiger partial charge in [0, 0.05) is 24.0 Å². The van der Waals surface area contributed by atoms with Gasteiger partial charge >= 0.3 is 0 Å². The van der Waals surface area contributed by atoms with Gasteiger partial charge < -0.3 is 19.9 Å². The number of carbonyl (C=O) groups is 1. The van der Waals surface area contributed by atoms with E-state index in [0.717, 1.165) is 11.8 Å². The topological polar surface area (TPSA) is 103 Å². The first kappa shape index (κ1) is 22.2. The normalized spacial score (nSPS) is 10.8. The molecule has 4 aromatic rings. The van der Waals surface area contributed by atoms with Crippen molar-refractivity contribution in [2.45, 2.75) is 5.16 Å². The lowest BCUT2D eigenvalue weighted by Crippen LogP contribution is -2.16. The molecule has 9 nitrogen and oxygen atoms in total. The van der Waals surface area contributed by atoms with Crippen LogP contribution in [0.25, 0.3) is 11.4 Å². The van der Waals surface area contributed by atoms with E-state index in [1.54, 1.807) is 21.5 Å². The smallest absolute Gasteiger partial charge is 0.234 e. The highest BCUT2D eigenvalue weighted by molar-refractivity contribution is 7.99. The number of anilines is 1. The van der Waals surface area contributed by atoms with Gasteiger partial charge in [-0.25, -0.2) is 9.07 Å². The van der Waals surface area contributed by atoms with Gasteiger partial charge in [-0.1, -0.05) is 11.8 Å². The lowest BCUT2D eigenvalue weighted by molar-refractivity contribution is -0.113. The minimum absolute atomic E-state index is 0.00202. The molecule has 2 aromatic heterocycles. The average molecular weight is 469 g/mol. The van der Waals surface area contributed by atoms with Crippen LogP contribution in [-0.4, -0.2) is 50.5 Å². The zero-order valence-electron chi connectivity index (χ0n) is 17.7. The van der Waals surface area contributed by atoms with Gasteiger partial charge in [0.1, 0.15) is 11.6 Å². The molecule has 2 aromatic carbocycles. The molecule has 0 aliphatic rings. The summed E-state index contributed by atoms with van der Waals surface area (Å²) in [7, 11) is 2.90. The van der Waals surface area contributed by atoms with Gasteiger partial charge in [-0.2, -0.15) is 0 Å². The summed E-state index contributed by atoms with van der Waals surface area (Å²) >= 11 is 1.16. The molecule has 170 valence electrons. The van der Waals surface area contributed by atoms with Crippen LogP contribution in [0.4, 0.5) is 10.1 Å². The fraction of sp³-hybridized carbons (Fsp3) is 0.136. The van der Waals surface area contributed by atoms with Crippen molar-refractivity contribution in [3.63, 3.8) is 0 Å². The van der Waals surface area contributed by atoms with Crippen LogP contribution in [0, 0.1) is 5.82 Å². The number of amides is 1. The van der Waals surface area contributed by atoms with Crippen LogP contribution in [0.5, 0.6) is 17.2 Å². The third-order valence-corrected chi connectivity index (χ3v) is 5.56. The van der Waals surface area contributed by atoms with Crippen molar-refractivity contribution in [2.75, 3.05) is 25.3 Å². The maximum absolute atomic E-state index is 13.6. The summed E-state index contributed by atoms with van der Waals surface area (Å²) < 4.78 is 27.4. The highest BCUT2D eigenvalue weighted by atomic mass is 32.2. The molecule has 33 heavy (non-hydrogen) atoms. The number of carbonyl (C=O) groups excluding carboxylic acids is 1. The number of hydrogen-bond acceptors (Lipinski definition) is 7. The molecule has 0 unspecified atom stereocenters. The van der Waals surface area contributed by atoms with E-state index in [0.29, 0.717) is 28.0 Å². The molecular formula is C22H20FN5O4S. The van der Waals surface area contributed by atoms with E-state index in [1.807, 2.05) is 24.5 Å². The fourth-order valence-corrected chi connectivity index (χ4v) is 3.85. The number of aromatic nitrogens is 4. The zero-order valence-corrected chi connectivity index (χ0v) is 18.5. The predicted molar refractivity (Wildman–Crippen MR) is 121 cm³/mol. The summed E-state index contributed by atoms with van der Waals surface area (Å²) in [6, 6.07) is 12.4. The van der Waals surface area contributed by atoms with E-state index in [9.17, 15) is 14.3 Å². The Morgan fingerprint density at radius 1 is 1.09 bits per heavy atom. The lowest BCUT2D eigenvalue weighted by Gasteiger charge is -2.13. The van der Waals surface area contributed by atoms with Crippen LogP contribution in [0.2, 0.25) is 0 Å². The van der Waals surface area contributed by atoms with E-state index < -0.39 is 5.82 Å². The Hall–Kier alpha value is -3.99. The number of hydrogen-bond donors (Lipinski definition) is 2. The third kappa shape index (κ3) is 4.77. The fourth-order valence-electron chi connectivity index (χ4n) is 3.11. The van der Waals surface area contributed by atoms with E-state index in [2.05, 4.69) is 15.5 Å². The Bertz CT molecular complexity index is 1280. The predicted octanol–water partition coefficient (Wildman–Crippen LogP) is 3.65. The third-order valence-electron chi connectivity index (χ3n) is 4.64. The molecule has 0 atom stereocenters. The number of methoxy groups -OCH3 is 2. The van der Waals surface area contributed by atoms with Crippen molar-refractivity contribution in [1.29, 1.82) is 0 Å². The van der Waals surface area contributed by atoms with E-state index in [-0.39, 0.29) is 23.1 Å². The van der Waals surface area contributed by atoms with Crippen molar-refractivity contribution >= 4 is 23.4 Å². The minimum Gasteiger partial charge on any atom is -0.504 e. The molecule has 1 amide bonds. The second kappa shape index (κ2) is 9.65. The Morgan fingerprint density at radius 3 is 2.58 bits per heavy atom. The Kier molecular flexibility index (Phi) is 6.50. The van der Waals surface area contributed by atoms with Gasteiger partial charge in [-0.05, 0) is 42.5 Å². The quantitative estimate of drug-likeness (QED) is 0.380. The van der Waals surface area contributed by atoms with Crippen molar-refractivity contribution in [3.05, 3.63) is 66.7 Å². The number of aromatic hydroxyl groups is 1. The number of halogens is 1. The molecule has 0 aliphatic heterocycles. The summed E-state index contributed by atoms with van der Waals surface area (Å²) in [6.45, 7) is 0. The first-order valence-electron chi connectivity index (χ1n) is 9.72. The molecular weight excluding hydrogens is 449 g/mol. The van der Waals surface area contributed by atoms with Crippen LogP contribution >= 0.6 is 11.8 Å². The Labute approximate surface area is 192 Å². The molecule has 0 saturated heterocycles. The number of nitrogens with zero attached hydrogens (tertiary/aromatic N) is 4. The molecule has 0 saturated carbocycles. The molecule has 0 spiro atoms. The molecule has 2 heterocycles. The highest BCUT2D eigenvalue weighted by Crippen LogP contribution is 2.32. The number of phenols is 1. The van der Waals surface area contributed by atoms with Crippen molar-refractivity contribution in [3.8, 4) is 28.6 Å². The van der Waals surface area contributed by atoms with E-state index >= 15 is 0 Å². The van der Waals surface area contributed by atoms with E-state index in [4.69, 9.17) is 9.47 Å². The standard InChI is InChI=1S/C22H20FN5O4S/c1-31-18-8-6-15(23)12-16(18)24-20(30)13-33-22-26-25-21(28(22)27-9-3-4-10-27)14-5-7-17(29)19(11-14)32-2/h3-12,29H,13H2,1-2H3,(H,24,30). The highest BCUT2D eigenvalue weighted by Gasteiger charge is 2.19.